The van der Waals surface area contributed by atoms with Gasteiger partial charge in [-0.05, 0) is 30.4 Å². The summed E-state index contributed by atoms with van der Waals surface area (Å²) in [5.74, 6) is 0.627. The van der Waals surface area contributed by atoms with Gasteiger partial charge in [0.15, 0.2) is 0 Å². The molecule has 0 bridgehead atoms. The summed E-state index contributed by atoms with van der Waals surface area (Å²) in [6, 6.07) is 2.56. The molecule has 0 spiro atoms. The van der Waals surface area contributed by atoms with E-state index in [1.165, 1.54) is 12.3 Å². The lowest BCUT2D eigenvalue weighted by atomic mass is 10.0. The van der Waals surface area contributed by atoms with Gasteiger partial charge < -0.3 is 0 Å². The van der Waals surface area contributed by atoms with Crippen LogP contribution in [0.4, 0.5) is 13.2 Å². The topological polar surface area (TPSA) is 12.9 Å². The lowest BCUT2D eigenvalue weighted by Gasteiger charge is -2.07. The quantitative estimate of drug-likeness (QED) is 0.760. The Morgan fingerprint density at radius 1 is 1.25 bits per heavy atom. The van der Waals surface area contributed by atoms with Crippen LogP contribution in [0.25, 0.3) is 0 Å². The fourth-order valence-corrected chi connectivity index (χ4v) is 1.45. The molecule has 0 saturated heterocycles. The number of aromatic nitrogens is 1. The van der Waals surface area contributed by atoms with E-state index in [0.29, 0.717) is 5.92 Å². The van der Waals surface area contributed by atoms with Crippen LogP contribution in [-0.4, -0.2) is 4.98 Å². The average molecular weight is 231 g/mol. The third-order valence-corrected chi connectivity index (χ3v) is 2.36. The van der Waals surface area contributed by atoms with E-state index >= 15 is 0 Å². The summed E-state index contributed by atoms with van der Waals surface area (Å²) in [5, 5.41) is 0. The second kappa shape index (κ2) is 5.32. The van der Waals surface area contributed by atoms with E-state index < -0.39 is 11.9 Å². The molecule has 0 aliphatic carbocycles. The van der Waals surface area contributed by atoms with Crippen LogP contribution in [0.5, 0.6) is 0 Å². The first kappa shape index (κ1) is 13.0. The van der Waals surface area contributed by atoms with Crippen molar-refractivity contribution in [3.63, 3.8) is 0 Å². The van der Waals surface area contributed by atoms with Gasteiger partial charge in [0.05, 0.1) is 0 Å². The fourth-order valence-electron chi connectivity index (χ4n) is 1.45. The molecule has 4 heteroatoms. The molecular formula is C12H16F3N. The second-order valence-corrected chi connectivity index (χ2v) is 4.34. The van der Waals surface area contributed by atoms with E-state index in [4.69, 9.17) is 0 Å². The molecule has 1 aromatic rings. The van der Waals surface area contributed by atoms with Gasteiger partial charge in [-0.2, -0.15) is 13.2 Å². The number of rotatable bonds is 4. The van der Waals surface area contributed by atoms with Crippen LogP contribution in [0, 0.1) is 5.92 Å². The second-order valence-electron chi connectivity index (χ2n) is 4.34. The molecular weight excluding hydrogens is 215 g/mol. The van der Waals surface area contributed by atoms with Gasteiger partial charge in [0.2, 0.25) is 0 Å². The Bertz CT molecular complexity index is 314. The van der Waals surface area contributed by atoms with E-state index in [-0.39, 0.29) is 0 Å². The largest absolute Gasteiger partial charge is 0.433 e. The summed E-state index contributed by atoms with van der Waals surface area (Å²) >= 11 is 0. The van der Waals surface area contributed by atoms with Crippen LogP contribution in [0.15, 0.2) is 18.3 Å². The molecule has 0 atom stereocenters. The monoisotopic (exact) mass is 231 g/mol. The summed E-state index contributed by atoms with van der Waals surface area (Å²) in [6.07, 6.45) is -0.144. The lowest BCUT2D eigenvalue weighted by Crippen LogP contribution is -2.07. The Labute approximate surface area is 93.7 Å². The zero-order chi connectivity index (χ0) is 12.2. The molecule has 1 nitrogen and oxygen atoms in total. The number of halogens is 3. The number of hydrogen-bond donors (Lipinski definition) is 0. The van der Waals surface area contributed by atoms with Crippen molar-refractivity contribution in [3.8, 4) is 0 Å². The molecule has 90 valence electrons. The normalized spacial score (nSPS) is 12.1. The molecule has 1 rings (SSSR count). The third kappa shape index (κ3) is 4.21. The molecule has 0 N–H and O–H groups in total. The van der Waals surface area contributed by atoms with Gasteiger partial charge in [0, 0.05) is 6.20 Å². The first-order valence-electron chi connectivity index (χ1n) is 5.41. The summed E-state index contributed by atoms with van der Waals surface area (Å²) in [6.45, 7) is 4.26. The summed E-state index contributed by atoms with van der Waals surface area (Å²) in [7, 11) is 0. The van der Waals surface area contributed by atoms with Crippen LogP contribution in [-0.2, 0) is 12.6 Å². The maximum atomic E-state index is 12.2. The van der Waals surface area contributed by atoms with Gasteiger partial charge in [-0.25, -0.2) is 0 Å². The number of pyridine rings is 1. The van der Waals surface area contributed by atoms with E-state index in [0.717, 1.165) is 30.9 Å². The molecule has 0 aromatic carbocycles. The molecule has 0 saturated carbocycles. The van der Waals surface area contributed by atoms with Gasteiger partial charge in [0.1, 0.15) is 5.69 Å². The van der Waals surface area contributed by atoms with E-state index in [2.05, 4.69) is 18.8 Å². The van der Waals surface area contributed by atoms with Crippen molar-refractivity contribution in [2.75, 3.05) is 0 Å². The summed E-state index contributed by atoms with van der Waals surface area (Å²) in [4.78, 5) is 3.42. The Morgan fingerprint density at radius 2 is 1.94 bits per heavy atom. The van der Waals surface area contributed by atoms with Gasteiger partial charge in [-0.3, -0.25) is 4.98 Å². The highest BCUT2D eigenvalue weighted by atomic mass is 19.4. The van der Waals surface area contributed by atoms with E-state index in [1.54, 1.807) is 0 Å². The van der Waals surface area contributed by atoms with Crippen molar-refractivity contribution in [1.82, 2.24) is 4.98 Å². The third-order valence-electron chi connectivity index (χ3n) is 2.36. The molecule has 0 aliphatic heterocycles. The summed E-state index contributed by atoms with van der Waals surface area (Å²) < 4.78 is 36.6. The van der Waals surface area contributed by atoms with Crippen LogP contribution >= 0.6 is 0 Å². The predicted molar refractivity (Wildman–Crippen MR) is 57.0 cm³/mol. The highest BCUT2D eigenvalue weighted by Gasteiger charge is 2.31. The first-order chi connectivity index (χ1) is 7.39. The number of hydrogen-bond acceptors (Lipinski definition) is 1. The Morgan fingerprint density at radius 3 is 2.38 bits per heavy atom. The maximum absolute atomic E-state index is 12.2. The minimum atomic E-state index is -4.34. The molecule has 1 heterocycles. The van der Waals surface area contributed by atoms with Crippen molar-refractivity contribution in [2.24, 2.45) is 5.92 Å². The molecule has 0 radical (unpaired) electrons. The van der Waals surface area contributed by atoms with Crippen molar-refractivity contribution in [2.45, 2.75) is 39.3 Å². The average Bonchev–Trinajstić information content (AvgIpc) is 2.16. The SMILES string of the molecule is CC(C)CCCc1ccc(C(F)(F)F)nc1. The number of alkyl halides is 3. The number of nitrogens with zero attached hydrogens (tertiary/aromatic N) is 1. The van der Waals surface area contributed by atoms with Crippen molar-refractivity contribution < 1.29 is 13.2 Å². The van der Waals surface area contributed by atoms with Gasteiger partial charge in [-0.15, -0.1) is 0 Å². The minimum Gasteiger partial charge on any atom is -0.252 e. The van der Waals surface area contributed by atoms with Crippen molar-refractivity contribution in [3.05, 3.63) is 29.6 Å². The predicted octanol–water partition coefficient (Wildman–Crippen LogP) is 4.08. The molecule has 16 heavy (non-hydrogen) atoms. The zero-order valence-electron chi connectivity index (χ0n) is 9.51. The molecule has 1 aromatic heterocycles. The van der Waals surface area contributed by atoms with Crippen LogP contribution in [0.2, 0.25) is 0 Å². The maximum Gasteiger partial charge on any atom is 0.433 e. The van der Waals surface area contributed by atoms with Gasteiger partial charge in [-0.1, -0.05) is 26.3 Å². The van der Waals surface area contributed by atoms with Crippen LogP contribution in [0.3, 0.4) is 0 Å². The Kier molecular flexibility index (Phi) is 4.33. The molecule has 0 aliphatic rings. The smallest absolute Gasteiger partial charge is 0.252 e. The molecule has 0 fully saturated rings. The zero-order valence-corrected chi connectivity index (χ0v) is 9.51. The standard InChI is InChI=1S/C12H16F3N/c1-9(2)4-3-5-10-6-7-11(16-8-10)12(13,14)15/h6-9H,3-5H2,1-2H3. The van der Waals surface area contributed by atoms with Crippen LogP contribution in [0.1, 0.15) is 37.9 Å². The Hall–Kier alpha value is -1.06. The minimum absolute atomic E-state index is 0.627. The first-order valence-corrected chi connectivity index (χ1v) is 5.41. The highest BCUT2D eigenvalue weighted by Crippen LogP contribution is 2.27. The highest BCUT2D eigenvalue weighted by molar-refractivity contribution is 5.15. The van der Waals surface area contributed by atoms with Gasteiger partial charge >= 0.3 is 6.18 Å². The van der Waals surface area contributed by atoms with Crippen molar-refractivity contribution >= 4 is 0 Å². The van der Waals surface area contributed by atoms with E-state index in [1.807, 2.05) is 0 Å². The van der Waals surface area contributed by atoms with Gasteiger partial charge in [0.25, 0.3) is 0 Å². The molecule has 0 amide bonds. The Balaban J connectivity index is 2.52. The van der Waals surface area contributed by atoms with E-state index in [9.17, 15) is 13.2 Å². The van der Waals surface area contributed by atoms with Crippen LogP contribution < -0.4 is 0 Å². The fraction of sp³-hybridized carbons (Fsp3) is 0.583. The van der Waals surface area contributed by atoms with Crippen molar-refractivity contribution in [1.29, 1.82) is 0 Å². The summed E-state index contributed by atoms with van der Waals surface area (Å²) in [5.41, 5.74) is 0.0498. The lowest BCUT2D eigenvalue weighted by molar-refractivity contribution is -0.141. The number of aryl methyl sites for hydroxylation is 1. The molecule has 0 unspecified atom stereocenters.